The molecule has 2 rings (SSSR count). The molecule has 0 fully saturated rings. The van der Waals surface area contributed by atoms with E-state index in [1.807, 2.05) is 43.3 Å². The van der Waals surface area contributed by atoms with Gasteiger partial charge in [-0.05, 0) is 36.6 Å². The summed E-state index contributed by atoms with van der Waals surface area (Å²) in [5.41, 5.74) is 2.48. The van der Waals surface area contributed by atoms with E-state index >= 15 is 0 Å². The van der Waals surface area contributed by atoms with E-state index in [2.05, 4.69) is 0 Å². The fourth-order valence-corrected chi connectivity index (χ4v) is 2.07. The van der Waals surface area contributed by atoms with Gasteiger partial charge >= 0.3 is 0 Å². The number of rotatable bonds is 4. The van der Waals surface area contributed by atoms with Crippen LogP contribution in [0.15, 0.2) is 48.5 Å². The van der Waals surface area contributed by atoms with Crippen LogP contribution < -0.4 is 0 Å². The van der Waals surface area contributed by atoms with Crippen LogP contribution in [0.1, 0.15) is 21.5 Å². The number of phenolic OH excluding ortho intramolecular Hbond substituents is 1. The molecule has 0 bridgehead atoms. The summed E-state index contributed by atoms with van der Waals surface area (Å²) in [4.78, 5) is 13.9. The largest absolute Gasteiger partial charge is 0.507 e. The number of aromatic hydroxyl groups is 1. The third kappa shape index (κ3) is 3.38. The zero-order valence-corrected chi connectivity index (χ0v) is 11.8. The molecule has 0 aromatic heterocycles. The first-order valence-corrected chi connectivity index (χ1v) is 6.67. The highest BCUT2D eigenvalue weighted by atomic mass is 16.3. The standard InChI is InChI=1S/C17H19NO2/c1-13-8-9-15(16(19)12-13)17(20)18(2)11-10-14-6-4-3-5-7-14/h3-9,12,19H,10-11H2,1-2H3. The molecule has 20 heavy (non-hydrogen) atoms. The Labute approximate surface area is 119 Å². The molecule has 3 nitrogen and oxygen atoms in total. The van der Waals surface area contributed by atoms with Crippen LogP contribution >= 0.6 is 0 Å². The molecule has 2 aromatic carbocycles. The van der Waals surface area contributed by atoms with Gasteiger partial charge in [-0.1, -0.05) is 36.4 Å². The number of nitrogens with zero attached hydrogens (tertiary/aromatic N) is 1. The number of benzene rings is 2. The number of hydrogen-bond acceptors (Lipinski definition) is 2. The van der Waals surface area contributed by atoms with E-state index < -0.39 is 0 Å². The summed E-state index contributed by atoms with van der Waals surface area (Å²) < 4.78 is 0. The van der Waals surface area contributed by atoms with Crippen molar-refractivity contribution in [3.8, 4) is 5.75 Å². The van der Waals surface area contributed by atoms with Crippen molar-refractivity contribution >= 4 is 5.91 Å². The third-order valence-corrected chi connectivity index (χ3v) is 3.31. The summed E-state index contributed by atoms with van der Waals surface area (Å²) in [7, 11) is 1.75. The highest BCUT2D eigenvalue weighted by Crippen LogP contribution is 2.20. The molecule has 0 atom stereocenters. The molecule has 104 valence electrons. The molecule has 0 spiro atoms. The third-order valence-electron chi connectivity index (χ3n) is 3.31. The van der Waals surface area contributed by atoms with Gasteiger partial charge in [0, 0.05) is 13.6 Å². The van der Waals surface area contributed by atoms with Crippen molar-refractivity contribution in [3.05, 3.63) is 65.2 Å². The number of carbonyl (C=O) groups excluding carboxylic acids is 1. The second-order valence-electron chi connectivity index (χ2n) is 4.98. The smallest absolute Gasteiger partial charge is 0.257 e. The molecular formula is C17H19NO2. The Morgan fingerprint density at radius 2 is 1.85 bits per heavy atom. The van der Waals surface area contributed by atoms with Crippen molar-refractivity contribution in [1.82, 2.24) is 4.90 Å². The SMILES string of the molecule is Cc1ccc(C(=O)N(C)CCc2ccccc2)c(O)c1. The molecule has 0 aliphatic heterocycles. The van der Waals surface area contributed by atoms with Crippen LogP contribution in [0.4, 0.5) is 0 Å². The molecule has 0 aliphatic carbocycles. The van der Waals surface area contributed by atoms with Gasteiger partial charge in [0.15, 0.2) is 0 Å². The van der Waals surface area contributed by atoms with Crippen LogP contribution in [-0.2, 0) is 6.42 Å². The van der Waals surface area contributed by atoms with Crippen molar-refractivity contribution in [2.24, 2.45) is 0 Å². The fourth-order valence-electron chi connectivity index (χ4n) is 2.07. The van der Waals surface area contributed by atoms with Crippen molar-refractivity contribution in [2.75, 3.05) is 13.6 Å². The number of amides is 1. The number of hydrogen-bond donors (Lipinski definition) is 1. The molecule has 0 radical (unpaired) electrons. The molecule has 1 amide bonds. The minimum absolute atomic E-state index is 0.0431. The summed E-state index contributed by atoms with van der Waals surface area (Å²) in [5.74, 6) is -0.111. The predicted octanol–water partition coefficient (Wildman–Crippen LogP) is 3.02. The number of aryl methyl sites for hydroxylation is 1. The van der Waals surface area contributed by atoms with Crippen molar-refractivity contribution in [3.63, 3.8) is 0 Å². The number of phenols is 1. The second kappa shape index (κ2) is 6.24. The first-order chi connectivity index (χ1) is 9.58. The van der Waals surface area contributed by atoms with Crippen molar-refractivity contribution in [2.45, 2.75) is 13.3 Å². The van der Waals surface area contributed by atoms with Crippen LogP contribution in [0.25, 0.3) is 0 Å². The summed E-state index contributed by atoms with van der Waals surface area (Å²) in [6.07, 6.45) is 0.801. The highest BCUT2D eigenvalue weighted by molar-refractivity contribution is 5.96. The summed E-state index contributed by atoms with van der Waals surface area (Å²) >= 11 is 0. The average Bonchev–Trinajstić information content (AvgIpc) is 2.45. The van der Waals surface area contributed by atoms with Gasteiger partial charge in [-0.3, -0.25) is 4.79 Å². The van der Waals surface area contributed by atoms with Gasteiger partial charge < -0.3 is 10.0 Å². The number of likely N-dealkylation sites (N-methyl/N-ethyl adjacent to an activating group) is 1. The molecular weight excluding hydrogens is 250 g/mol. The quantitative estimate of drug-likeness (QED) is 0.927. The van der Waals surface area contributed by atoms with Gasteiger partial charge in [0.1, 0.15) is 5.75 Å². The van der Waals surface area contributed by atoms with Gasteiger partial charge in [0.05, 0.1) is 5.56 Å². The maximum Gasteiger partial charge on any atom is 0.257 e. The fraction of sp³-hybridized carbons (Fsp3) is 0.235. The Kier molecular flexibility index (Phi) is 4.41. The molecule has 1 N–H and O–H groups in total. The van der Waals surface area contributed by atoms with E-state index in [4.69, 9.17) is 0 Å². The van der Waals surface area contributed by atoms with Gasteiger partial charge in [-0.25, -0.2) is 0 Å². The summed E-state index contributed by atoms with van der Waals surface area (Å²) in [5, 5.41) is 9.85. The predicted molar refractivity (Wildman–Crippen MR) is 80.0 cm³/mol. The molecule has 0 saturated heterocycles. The monoisotopic (exact) mass is 269 g/mol. The molecule has 2 aromatic rings. The van der Waals surface area contributed by atoms with Crippen LogP contribution in [0.3, 0.4) is 0 Å². The Morgan fingerprint density at radius 3 is 2.50 bits per heavy atom. The maximum absolute atomic E-state index is 12.3. The molecule has 0 unspecified atom stereocenters. The first-order valence-electron chi connectivity index (χ1n) is 6.67. The first kappa shape index (κ1) is 14.1. The molecule has 3 heteroatoms. The van der Waals surface area contributed by atoms with E-state index in [0.717, 1.165) is 12.0 Å². The molecule has 0 saturated carbocycles. The van der Waals surface area contributed by atoms with E-state index in [9.17, 15) is 9.90 Å². The Balaban J connectivity index is 2.01. The topological polar surface area (TPSA) is 40.5 Å². The zero-order chi connectivity index (χ0) is 14.5. The van der Waals surface area contributed by atoms with Crippen LogP contribution in [-0.4, -0.2) is 29.5 Å². The van der Waals surface area contributed by atoms with E-state index in [-0.39, 0.29) is 11.7 Å². The van der Waals surface area contributed by atoms with E-state index in [1.165, 1.54) is 5.56 Å². The normalized spacial score (nSPS) is 10.3. The Morgan fingerprint density at radius 1 is 1.15 bits per heavy atom. The lowest BCUT2D eigenvalue weighted by Crippen LogP contribution is -2.28. The lowest BCUT2D eigenvalue weighted by atomic mass is 10.1. The van der Waals surface area contributed by atoms with E-state index in [0.29, 0.717) is 12.1 Å². The van der Waals surface area contributed by atoms with Gasteiger partial charge in [-0.2, -0.15) is 0 Å². The lowest BCUT2D eigenvalue weighted by Gasteiger charge is -2.18. The number of carbonyl (C=O) groups is 1. The van der Waals surface area contributed by atoms with Gasteiger partial charge in [-0.15, -0.1) is 0 Å². The Hall–Kier alpha value is -2.29. The van der Waals surface area contributed by atoms with Crippen LogP contribution in [0.2, 0.25) is 0 Å². The minimum Gasteiger partial charge on any atom is -0.507 e. The van der Waals surface area contributed by atoms with Crippen LogP contribution in [0.5, 0.6) is 5.75 Å². The van der Waals surface area contributed by atoms with Crippen LogP contribution in [0, 0.1) is 6.92 Å². The molecule has 0 heterocycles. The average molecular weight is 269 g/mol. The van der Waals surface area contributed by atoms with Crippen molar-refractivity contribution < 1.29 is 9.90 Å². The summed E-state index contributed by atoms with van der Waals surface area (Å²) in [6.45, 7) is 2.50. The second-order valence-corrected chi connectivity index (χ2v) is 4.98. The summed E-state index contributed by atoms with van der Waals surface area (Å²) in [6, 6.07) is 15.2. The lowest BCUT2D eigenvalue weighted by molar-refractivity contribution is 0.0793. The zero-order valence-electron chi connectivity index (χ0n) is 11.8. The minimum atomic E-state index is -0.154. The van der Waals surface area contributed by atoms with Crippen molar-refractivity contribution in [1.29, 1.82) is 0 Å². The van der Waals surface area contributed by atoms with E-state index in [1.54, 1.807) is 24.1 Å². The van der Waals surface area contributed by atoms with Gasteiger partial charge in [0.25, 0.3) is 5.91 Å². The van der Waals surface area contributed by atoms with Gasteiger partial charge in [0.2, 0.25) is 0 Å². The Bertz CT molecular complexity index is 593. The maximum atomic E-state index is 12.3. The highest BCUT2D eigenvalue weighted by Gasteiger charge is 2.15. The molecule has 0 aliphatic rings.